The van der Waals surface area contributed by atoms with Crippen LogP contribution in [0.3, 0.4) is 0 Å². The van der Waals surface area contributed by atoms with E-state index in [0.717, 1.165) is 32.4 Å². The van der Waals surface area contributed by atoms with Crippen LogP contribution in [0.5, 0.6) is 0 Å². The molecule has 2 rings (SSSR count). The minimum absolute atomic E-state index is 0.0392. The van der Waals surface area contributed by atoms with E-state index in [1.165, 1.54) is 16.8 Å². The SMILES string of the molecule is O=C(Cn1cccc1C(=O)O)NCC(=O)N1CCCCC1. The van der Waals surface area contributed by atoms with Gasteiger partial charge in [0.1, 0.15) is 12.2 Å². The molecule has 2 N–H and O–H groups in total. The molecule has 2 heterocycles. The zero-order chi connectivity index (χ0) is 15.2. The van der Waals surface area contributed by atoms with Crippen LogP contribution in [-0.4, -0.2) is 52.0 Å². The van der Waals surface area contributed by atoms with Crippen LogP contribution in [0.25, 0.3) is 0 Å². The van der Waals surface area contributed by atoms with Gasteiger partial charge in [0.25, 0.3) is 0 Å². The first kappa shape index (κ1) is 15.1. The molecule has 7 heteroatoms. The van der Waals surface area contributed by atoms with Crippen molar-refractivity contribution in [3.8, 4) is 0 Å². The zero-order valence-electron chi connectivity index (χ0n) is 11.7. The second kappa shape index (κ2) is 6.92. The second-order valence-electron chi connectivity index (χ2n) is 5.04. The molecule has 0 atom stereocenters. The molecule has 0 saturated carbocycles. The maximum atomic E-state index is 11.9. The van der Waals surface area contributed by atoms with Crippen LogP contribution in [0, 0.1) is 0 Å². The van der Waals surface area contributed by atoms with E-state index in [1.807, 2.05) is 0 Å². The number of aromatic nitrogens is 1. The summed E-state index contributed by atoms with van der Waals surface area (Å²) >= 11 is 0. The van der Waals surface area contributed by atoms with Crippen molar-refractivity contribution in [1.82, 2.24) is 14.8 Å². The molecule has 7 nitrogen and oxygen atoms in total. The number of hydrogen-bond donors (Lipinski definition) is 2. The highest BCUT2D eigenvalue weighted by atomic mass is 16.4. The summed E-state index contributed by atoms with van der Waals surface area (Å²) in [6.07, 6.45) is 4.67. The van der Waals surface area contributed by atoms with Gasteiger partial charge in [0, 0.05) is 19.3 Å². The van der Waals surface area contributed by atoms with Gasteiger partial charge in [-0.05, 0) is 31.4 Å². The van der Waals surface area contributed by atoms with Gasteiger partial charge in [-0.1, -0.05) is 0 Å². The highest BCUT2D eigenvalue weighted by molar-refractivity contribution is 5.88. The number of rotatable bonds is 5. The normalized spacial score (nSPS) is 14.8. The van der Waals surface area contributed by atoms with E-state index >= 15 is 0 Å². The van der Waals surface area contributed by atoms with E-state index in [9.17, 15) is 14.4 Å². The summed E-state index contributed by atoms with van der Waals surface area (Å²) in [5.41, 5.74) is 0.0486. The van der Waals surface area contributed by atoms with Crippen molar-refractivity contribution in [2.75, 3.05) is 19.6 Å². The molecule has 0 unspecified atom stereocenters. The first-order valence-corrected chi connectivity index (χ1v) is 7.01. The number of aromatic carboxylic acids is 1. The third-order valence-electron chi connectivity index (χ3n) is 3.51. The molecule has 114 valence electrons. The van der Waals surface area contributed by atoms with Crippen molar-refractivity contribution in [2.24, 2.45) is 0 Å². The number of carboxylic acid groups (broad SMARTS) is 1. The lowest BCUT2D eigenvalue weighted by Crippen LogP contribution is -2.43. The third kappa shape index (κ3) is 4.08. The molecule has 1 aromatic heterocycles. The number of likely N-dealkylation sites (tertiary alicyclic amines) is 1. The molecule has 1 fully saturated rings. The van der Waals surface area contributed by atoms with Gasteiger partial charge in [-0.3, -0.25) is 9.59 Å². The summed E-state index contributed by atoms with van der Waals surface area (Å²) in [6.45, 7) is 1.34. The number of carboxylic acids is 1. The van der Waals surface area contributed by atoms with Crippen molar-refractivity contribution in [3.05, 3.63) is 24.0 Å². The fourth-order valence-electron chi connectivity index (χ4n) is 2.39. The molecule has 0 aliphatic carbocycles. The van der Waals surface area contributed by atoms with Crippen molar-refractivity contribution in [2.45, 2.75) is 25.8 Å². The Morgan fingerprint density at radius 3 is 2.57 bits per heavy atom. The second-order valence-corrected chi connectivity index (χ2v) is 5.04. The summed E-state index contributed by atoms with van der Waals surface area (Å²) in [7, 11) is 0. The summed E-state index contributed by atoms with van der Waals surface area (Å²) in [6, 6.07) is 2.99. The fourth-order valence-corrected chi connectivity index (χ4v) is 2.39. The Balaban J connectivity index is 1.80. The average Bonchev–Trinajstić information content (AvgIpc) is 2.94. The number of amides is 2. The van der Waals surface area contributed by atoms with Crippen molar-refractivity contribution >= 4 is 17.8 Å². The molecule has 1 aliphatic heterocycles. The Labute approximate surface area is 122 Å². The number of carbonyl (C=O) groups is 3. The topological polar surface area (TPSA) is 91.6 Å². The lowest BCUT2D eigenvalue weighted by atomic mass is 10.1. The van der Waals surface area contributed by atoms with Crippen LogP contribution in [0.4, 0.5) is 0 Å². The van der Waals surface area contributed by atoms with Crippen LogP contribution in [0.2, 0.25) is 0 Å². The van der Waals surface area contributed by atoms with E-state index in [4.69, 9.17) is 5.11 Å². The fraction of sp³-hybridized carbons (Fsp3) is 0.500. The Morgan fingerprint density at radius 1 is 1.19 bits per heavy atom. The largest absolute Gasteiger partial charge is 0.477 e. The molecule has 0 radical (unpaired) electrons. The van der Waals surface area contributed by atoms with E-state index < -0.39 is 5.97 Å². The van der Waals surface area contributed by atoms with Gasteiger partial charge in [-0.2, -0.15) is 0 Å². The molecule has 0 bridgehead atoms. The van der Waals surface area contributed by atoms with Gasteiger partial charge in [-0.25, -0.2) is 4.79 Å². The molecule has 1 aliphatic rings. The average molecular weight is 293 g/mol. The third-order valence-corrected chi connectivity index (χ3v) is 3.51. The Morgan fingerprint density at radius 2 is 1.90 bits per heavy atom. The summed E-state index contributed by atoms with van der Waals surface area (Å²) < 4.78 is 1.34. The molecule has 21 heavy (non-hydrogen) atoms. The highest BCUT2D eigenvalue weighted by Crippen LogP contribution is 2.08. The lowest BCUT2D eigenvalue weighted by molar-refractivity contribution is -0.133. The van der Waals surface area contributed by atoms with Gasteiger partial charge < -0.3 is 19.9 Å². The predicted octanol–water partition coefficient (Wildman–Crippen LogP) is 0.315. The first-order valence-electron chi connectivity index (χ1n) is 7.01. The number of nitrogens with one attached hydrogen (secondary N) is 1. The maximum Gasteiger partial charge on any atom is 0.352 e. The summed E-state index contributed by atoms with van der Waals surface area (Å²) in [5.74, 6) is -1.55. The maximum absolute atomic E-state index is 11.9. The van der Waals surface area contributed by atoms with Crippen molar-refractivity contribution in [3.63, 3.8) is 0 Å². The number of hydrogen-bond acceptors (Lipinski definition) is 3. The minimum atomic E-state index is -1.09. The molecule has 2 amide bonds. The number of nitrogens with zero attached hydrogens (tertiary/aromatic N) is 2. The standard InChI is InChI=1S/C14H19N3O4/c18-12(10-17-8-4-5-11(17)14(20)21)15-9-13(19)16-6-2-1-3-7-16/h4-5,8H,1-3,6-7,9-10H2,(H,15,18)(H,20,21). The van der Waals surface area contributed by atoms with Crippen molar-refractivity contribution in [1.29, 1.82) is 0 Å². The van der Waals surface area contributed by atoms with E-state index in [1.54, 1.807) is 11.0 Å². The Bertz CT molecular complexity index is 532. The molecular formula is C14H19N3O4. The van der Waals surface area contributed by atoms with Crippen LogP contribution in [0.1, 0.15) is 29.8 Å². The monoisotopic (exact) mass is 293 g/mol. The number of piperidine rings is 1. The first-order chi connectivity index (χ1) is 10.1. The van der Waals surface area contributed by atoms with Gasteiger partial charge in [0.15, 0.2) is 0 Å². The molecule has 0 spiro atoms. The van der Waals surface area contributed by atoms with Crippen molar-refractivity contribution < 1.29 is 19.5 Å². The number of carbonyl (C=O) groups excluding carboxylic acids is 2. The van der Waals surface area contributed by atoms with Gasteiger partial charge >= 0.3 is 5.97 Å². The quantitative estimate of drug-likeness (QED) is 0.817. The molecular weight excluding hydrogens is 274 g/mol. The lowest BCUT2D eigenvalue weighted by Gasteiger charge is -2.26. The summed E-state index contributed by atoms with van der Waals surface area (Å²) in [4.78, 5) is 36.3. The van der Waals surface area contributed by atoms with Crippen LogP contribution in [0.15, 0.2) is 18.3 Å². The zero-order valence-corrected chi connectivity index (χ0v) is 11.7. The smallest absolute Gasteiger partial charge is 0.352 e. The van der Waals surface area contributed by atoms with Crippen LogP contribution < -0.4 is 5.32 Å². The molecule has 1 saturated heterocycles. The van der Waals surface area contributed by atoms with Crippen LogP contribution in [-0.2, 0) is 16.1 Å². The van der Waals surface area contributed by atoms with E-state index in [-0.39, 0.29) is 30.6 Å². The van der Waals surface area contributed by atoms with Gasteiger partial charge in [0.2, 0.25) is 11.8 Å². The Hall–Kier alpha value is -2.31. The molecule has 0 aromatic carbocycles. The minimum Gasteiger partial charge on any atom is -0.477 e. The molecule has 1 aromatic rings. The van der Waals surface area contributed by atoms with E-state index in [0.29, 0.717) is 0 Å². The predicted molar refractivity (Wildman–Crippen MR) is 74.8 cm³/mol. The Kier molecular flexibility index (Phi) is 4.97. The summed E-state index contributed by atoms with van der Waals surface area (Å²) in [5, 5.41) is 11.5. The van der Waals surface area contributed by atoms with Gasteiger partial charge in [-0.15, -0.1) is 0 Å². The van der Waals surface area contributed by atoms with Gasteiger partial charge in [0.05, 0.1) is 6.54 Å². The van der Waals surface area contributed by atoms with E-state index in [2.05, 4.69) is 5.32 Å². The highest BCUT2D eigenvalue weighted by Gasteiger charge is 2.17. The van der Waals surface area contributed by atoms with Crippen LogP contribution >= 0.6 is 0 Å².